The zero-order valence-electron chi connectivity index (χ0n) is 12.9. The maximum absolute atomic E-state index is 12.1. The van der Waals surface area contributed by atoms with Gasteiger partial charge in [-0.05, 0) is 39.5 Å². The number of unbranched alkanes of at least 4 members (excludes halogenated alkanes) is 4. The molecule has 1 atom stereocenters. The normalized spacial score (nSPS) is 21.4. The van der Waals surface area contributed by atoms with Crippen molar-refractivity contribution in [3.05, 3.63) is 0 Å². The van der Waals surface area contributed by atoms with E-state index in [2.05, 4.69) is 6.92 Å². The Hall–Kier alpha value is -1.19. The van der Waals surface area contributed by atoms with Crippen LogP contribution in [0.3, 0.4) is 0 Å². The molecule has 114 valence electrons. The summed E-state index contributed by atoms with van der Waals surface area (Å²) in [6.45, 7) is 4.77. The summed E-state index contributed by atoms with van der Waals surface area (Å²) in [6.07, 6.45) is 7.45. The van der Waals surface area contributed by atoms with E-state index in [1.807, 2.05) is 0 Å². The second kappa shape index (κ2) is 7.55. The van der Waals surface area contributed by atoms with Crippen LogP contribution in [0.15, 0.2) is 0 Å². The number of hydrogen-bond acceptors (Lipinski definition) is 4. The highest BCUT2D eigenvalue weighted by Crippen LogP contribution is 2.35. The first-order chi connectivity index (χ1) is 9.45. The first-order valence-electron chi connectivity index (χ1n) is 7.68. The number of cyclic esters (lactones) is 1. The molecule has 0 bridgehead atoms. The van der Waals surface area contributed by atoms with Crippen LogP contribution in [0.5, 0.6) is 0 Å². The van der Waals surface area contributed by atoms with Crippen molar-refractivity contribution in [2.45, 2.75) is 78.2 Å². The molecule has 0 saturated carbocycles. The summed E-state index contributed by atoms with van der Waals surface area (Å²) in [7, 11) is 0. The van der Waals surface area contributed by atoms with Crippen molar-refractivity contribution < 1.29 is 19.1 Å². The first kappa shape index (κ1) is 16.9. The van der Waals surface area contributed by atoms with Gasteiger partial charge in [-0.3, -0.25) is 14.4 Å². The Kier molecular flexibility index (Phi) is 6.37. The zero-order valence-corrected chi connectivity index (χ0v) is 12.9. The molecule has 0 radical (unpaired) electrons. The third-order valence-corrected chi connectivity index (χ3v) is 4.30. The van der Waals surface area contributed by atoms with Gasteiger partial charge in [0.25, 0.3) is 0 Å². The summed E-state index contributed by atoms with van der Waals surface area (Å²) in [4.78, 5) is 35.5. The Balaban J connectivity index is 2.48. The van der Waals surface area contributed by atoms with Crippen LogP contribution in [0.1, 0.15) is 72.1 Å². The monoisotopic (exact) mass is 282 g/mol. The van der Waals surface area contributed by atoms with Crippen molar-refractivity contribution >= 4 is 17.5 Å². The van der Waals surface area contributed by atoms with Gasteiger partial charge in [0.15, 0.2) is 17.0 Å². The van der Waals surface area contributed by atoms with Gasteiger partial charge in [0, 0.05) is 0 Å². The molecule has 1 unspecified atom stereocenters. The second-order valence-corrected chi connectivity index (χ2v) is 5.79. The summed E-state index contributed by atoms with van der Waals surface area (Å²) >= 11 is 0. The number of ketones is 2. The van der Waals surface area contributed by atoms with Crippen LogP contribution in [0.25, 0.3) is 0 Å². The number of hydrogen-bond donors (Lipinski definition) is 0. The smallest absolute Gasteiger partial charge is 0.327 e. The fourth-order valence-corrected chi connectivity index (χ4v) is 2.86. The molecule has 1 rings (SSSR count). The highest BCUT2D eigenvalue weighted by atomic mass is 16.5. The van der Waals surface area contributed by atoms with Crippen molar-refractivity contribution in [2.24, 2.45) is 5.41 Å². The topological polar surface area (TPSA) is 60.4 Å². The third kappa shape index (κ3) is 3.68. The van der Waals surface area contributed by atoms with E-state index in [1.54, 1.807) is 0 Å². The Morgan fingerprint density at radius 2 is 1.75 bits per heavy atom. The fraction of sp³-hybridized carbons (Fsp3) is 0.812. The average molecular weight is 282 g/mol. The number of carbonyl (C=O) groups is 3. The van der Waals surface area contributed by atoms with E-state index in [1.165, 1.54) is 33.1 Å². The van der Waals surface area contributed by atoms with Gasteiger partial charge < -0.3 is 4.74 Å². The lowest BCUT2D eigenvalue weighted by Gasteiger charge is -2.34. The van der Waals surface area contributed by atoms with Crippen LogP contribution in [0, 0.1) is 5.41 Å². The minimum absolute atomic E-state index is 0.129. The molecule has 1 fully saturated rings. The Labute approximate surface area is 121 Å². The second-order valence-electron chi connectivity index (χ2n) is 5.79. The highest BCUT2D eigenvalue weighted by Gasteiger charge is 2.52. The number of Topliss-reactive ketones (excluding diaryl/α,β-unsaturated/α-hetero) is 2. The van der Waals surface area contributed by atoms with Gasteiger partial charge in [0.1, 0.15) is 6.10 Å². The van der Waals surface area contributed by atoms with Crippen LogP contribution in [-0.4, -0.2) is 23.6 Å². The van der Waals surface area contributed by atoms with E-state index in [4.69, 9.17) is 4.74 Å². The zero-order chi connectivity index (χ0) is 15.2. The maximum atomic E-state index is 12.1. The number of carbonyl (C=O) groups excluding carboxylic acids is 3. The quantitative estimate of drug-likeness (QED) is 0.389. The lowest BCUT2D eigenvalue weighted by atomic mass is 9.74. The molecule has 1 saturated heterocycles. The van der Waals surface area contributed by atoms with Crippen LogP contribution in [-0.2, 0) is 19.1 Å². The van der Waals surface area contributed by atoms with Gasteiger partial charge in [0.05, 0.1) is 0 Å². The van der Waals surface area contributed by atoms with Gasteiger partial charge in [-0.2, -0.15) is 0 Å². The van der Waals surface area contributed by atoms with Crippen molar-refractivity contribution in [2.75, 3.05) is 0 Å². The molecule has 0 aromatic carbocycles. The van der Waals surface area contributed by atoms with Crippen molar-refractivity contribution in [3.8, 4) is 0 Å². The molecule has 1 heterocycles. The molecule has 1 aliphatic heterocycles. The van der Waals surface area contributed by atoms with Crippen molar-refractivity contribution in [1.29, 1.82) is 0 Å². The number of esters is 1. The first-order valence-corrected chi connectivity index (χ1v) is 7.68. The standard InChI is InChI=1S/C16H26O4/c1-4-5-6-7-8-9-14-10-11-16(12(2)17,13(3)18)15(19)20-14/h14H,4-11H2,1-3H3. The fourth-order valence-electron chi connectivity index (χ4n) is 2.86. The van der Waals surface area contributed by atoms with E-state index in [9.17, 15) is 14.4 Å². The summed E-state index contributed by atoms with van der Waals surface area (Å²) in [5, 5.41) is 0. The van der Waals surface area contributed by atoms with E-state index < -0.39 is 23.0 Å². The molecular formula is C16H26O4. The SMILES string of the molecule is CCCCCCCC1CCC(C(C)=O)(C(C)=O)C(=O)O1. The molecule has 1 aliphatic rings. The van der Waals surface area contributed by atoms with Gasteiger partial charge in [0.2, 0.25) is 0 Å². The summed E-state index contributed by atoms with van der Waals surface area (Å²) in [6, 6.07) is 0. The molecule has 0 spiro atoms. The molecule has 0 aromatic heterocycles. The summed E-state index contributed by atoms with van der Waals surface area (Å²) < 4.78 is 5.35. The predicted molar refractivity (Wildman–Crippen MR) is 76.3 cm³/mol. The summed E-state index contributed by atoms with van der Waals surface area (Å²) in [5.41, 5.74) is -1.53. The van der Waals surface area contributed by atoms with Gasteiger partial charge >= 0.3 is 5.97 Å². The summed E-state index contributed by atoms with van der Waals surface area (Å²) in [5.74, 6) is -1.42. The molecule has 0 N–H and O–H groups in total. The minimum Gasteiger partial charge on any atom is -0.461 e. The molecule has 0 aliphatic carbocycles. The highest BCUT2D eigenvalue weighted by molar-refractivity contribution is 6.21. The maximum Gasteiger partial charge on any atom is 0.327 e. The average Bonchev–Trinajstić information content (AvgIpc) is 2.38. The largest absolute Gasteiger partial charge is 0.461 e. The van der Waals surface area contributed by atoms with Crippen molar-refractivity contribution in [3.63, 3.8) is 0 Å². The molecule has 20 heavy (non-hydrogen) atoms. The number of rotatable bonds is 8. The molecular weight excluding hydrogens is 256 g/mol. The van der Waals surface area contributed by atoms with Crippen LogP contribution in [0.4, 0.5) is 0 Å². The van der Waals surface area contributed by atoms with Gasteiger partial charge in [-0.1, -0.05) is 32.6 Å². The van der Waals surface area contributed by atoms with E-state index in [0.29, 0.717) is 12.8 Å². The Morgan fingerprint density at radius 1 is 1.15 bits per heavy atom. The van der Waals surface area contributed by atoms with Crippen LogP contribution >= 0.6 is 0 Å². The lowest BCUT2D eigenvalue weighted by Crippen LogP contribution is -2.50. The van der Waals surface area contributed by atoms with Crippen molar-refractivity contribution in [1.82, 2.24) is 0 Å². The third-order valence-electron chi connectivity index (χ3n) is 4.30. The lowest BCUT2D eigenvalue weighted by molar-refractivity contribution is -0.175. The van der Waals surface area contributed by atoms with Crippen LogP contribution < -0.4 is 0 Å². The Bertz CT molecular complexity index is 359. The Morgan fingerprint density at radius 3 is 2.25 bits per heavy atom. The molecule has 0 amide bonds. The van der Waals surface area contributed by atoms with E-state index in [0.717, 1.165) is 19.3 Å². The minimum atomic E-state index is -1.53. The van der Waals surface area contributed by atoms with Gasteiger partial charge in [-0.25, -0.2) is 0 Å². The molecule has 0 aromatic rings. The number of ether oxygens (including phenoxy) is 1. The molecule has 4 nitrogen and oxygen atoms in total. The van der Waals surface area contributed by atoms with E-state index in [-0.39, 0.29) is 6.10 Å². The van der Waals surface area contributed by atoms with E-state index >= 15 is 0 Å². The predicted octanol–water partition coefficient (Wildman–Crippen LogP) is 3.22. The van der Waals surface area contributed by atoms with Crippen LogP contribution in [0.2, 0.25) is 0 Å². The molecule has 4 heteroatoms. The van der Waals surface area contributed by atoms with Gasteiger partial charge in [-0.15, -0.1) is 0 Å².